The molecule has 80 valence electrons. The largest absolute Gasteiger partial charge is 0.469 e. The van der Waals surface area contributed by atoms with Crippen LogP contribution in [-0.4, -0.2) is 26.2 Å². The molecule has 0 saturated carbocycles. The molecular formula is C10H16O4. The van der Waals surface area contributed by atoms with Crippen molar-refractivity contribution in [3.8, 4) is 0 Å². The highest BCUT2D eigenvalue weighted by Crippen LogP contribution is 2.16. The second-order valence-electron chi connectivity index (χ2n) is 2.92. The van der Waals surface area contributed by atoms with Gasteiger partial charge in [-0.1, -0.05) is 13.0 Å². The number of carbonyl (C=O) groups is 2. The molecule has 0 radical (unpaired) electrons. The predicted octanol–water partition coefficient (Wildman–Crippen LogP) is 1.30. The summed E-state index contributed by atoms with van der Waals surface area (Å²) < 4.78 is 9.09. The maximum absolute atomic E-state index is 11.2. The second kappa shape index (κ2) is 6.18. The fourth-order valence-electron chi connectivity index (χ4n) is 1.16. The van der Waals surface area contributed by atoms with Crippen LogP contribution < -0.4 is 0 Å². The Kier molecular flexibility index (Phi) is 5.60. The summed E-state index contributed by atoms with van der Waals surface area (Å²) in [6.45, 7) is 3.52. The van der Waals surface area contributed by atoms with Gasteiger partial charge in [0, 0.05) is 5.57 Å². The van der Waals surface area contributed by atoms with E-state index in [2.05, 4.69) is 9.47 Å². The lowest BCUT2D eigenvalue weighted by Gasteiger charge is -2.12. The molecule has 4 heteroatoms. The number of carbonyl (C=O) groups excluding carboxylic acids is 2. The number of rotatable bonds is 4. The average molecular weight is 200 g/mol. The van der Waals surface area contributed by atoms with Gasteiger partial charge in [0.15, 0.2) is 0 Å². The standard InChI is InChI=1S/C10H16O4/c1-5-8(10(12)14-4)7(2)6-9(11)13-3/h5,7H,6H2,1-4H3/b8-5+/t7-/m1/s1. The minimum Gasteiger partial charge on any atom is -0.469 e. The lowest BCUT2D eigenvalue weighted by molar-refractivity contribution is -0.141. The number of methoxy groups -OCH3 is 2. The Labute approximate surface area is 83.9 Å². The molecule has 0 aromatic heterocycles. The van der Waals surface area contributed by atoms with Crippen molar-refractivity contribution in [2.75, 3.05) is 14.2 Å². The van der Waals surface area contributed by atoms with Crippen LogP contribution in [0.2, 0.25) is 0 Å². The molecule has 1 atom stereocenters. The molecule has 0 fully saturated rings. The van der Waals surface area contributed by atoms with Crippen LogP contribution in [0.5, 0.6) is 0 Å². The summed E-state index contributed by atoms with van der Waals surface area (Å²) >= 11 is 0. The van der Waals surface area contributed by atoms with Crippen molar-refractivity contribution in [3.05, 3.63) is 11.6 Å². The second-order valence-corrected chi connectivity index (χ2v) is 2.92. The van der Waals surface area contributed by atoms with Gasteiger partial charge in [0.05, 0.1) is 20.6 Å². The molecule has 0 aromatic rings. The molecule has 0 aliphatic carbocycles. The van der Waals surface area contributed by atoms with Crippen LogP contribution in [0.15, 0.2) is 11.6 Å². The number of esters is 2. The van der Waals surface area contributed by atoms with Gasteiger partial charge in [0.1, 0.15) is 0 Å². The Morgan fingerprint density at radius 2 is 1.86 bits per heavy atom. The minimum atomic E-state index is -0.399. The van der Waals surface area contributed by atoms with Crippen LogP contribution in [0, 0.1) is 5.92 Å². The summed E-state index contributed by atoms with van der Waals surface area (Å²) in [5.41, 5.74) is 0.498. The van der Waals surface area contributed by atoms with Gasteiger partial charge in [-0.3, -0.25) is 4.79 Å². The molecular weight excluding hydrogens is 184 g/mol. The van der Waals surface area contributed by atoms with Crippen LogP contribution in [0.1, 0.15) is 20.3 Å². The summed E-state index contributed by atoms with van der Waals surface area (Å²) in [7, 11) is 2.64. The molecule has 0 rings (SSSR count). The van der Waals surface area contributed by atoms with Crippen molar-refractivity contribution in [2.24, 2.45) is 5.92 Å². The third-order valence-corrected chi connectivity index (χ3v) is 1.96. The molecule has 0 spiro atoms. The smallest absolute Gasteiger partial charge is 0.333 e. The predicted molar refractivity (Wildman–Crippen MR) is 51.6 cm³/mol. The van der Waals surface area contributed by atoms with Gasteiger partial charge in [-0.25, -0.2) is 4.79 Å². The maximum atomic E-state index is 11.2. The van der Waals surface area contributed by atoms with E-state index in [0.29, 0.717) is 5.57 Å². The molecule has 0 N–H and O–H groups in total. The van der Waals surface area contributed by atoms with Crippen LogP contribution in [0.25, 0.3) is 0 Å². The summed E-state index contributed by atoms with van der Waals surface area (Å²) in [5.74, 6) is -0.912. The fourth-order valence-corrected chi connectivity index (χ4v) is 1.16. The number of hydrogen-bond acceptors (Lipinski definition) is 4. The van der Waals surface area contributed by atoms with Crippen molar-refractivity contribution in [3.63, 3.8) is 0 Å². The van der Waals surface area contributed by atoms with E-state index in [1.54, 1.807) is 19.9 Å². The first-order chi connectivity index (χ1) is 6.56. The Bertz CT molecular complexity index is 243. The first kappa shape index (κ1) is 12.7. The fraction of sp³-hybridized carbons (Fsp3) is 0.600. The zero-order chi connectivity index (χ0) is 11.1. The van der Waals surface area contributed by atoms with E-state index in [4.69, 9.17) is 0 Å². The zero-order valence-corrected chi connectivity index (χ0v) is 8.99. The highest BCUT2D eigenvalue weighted by Gasteiger charge is 2.19. The minimum absolute atomic E-state index is 0.181. The van der Waals surface area contributed by atoms with E-state index in [-0.39, 0.29) is 18.3 Å². The van der Waals surface area contributed by atoms with Crippen molar-refractivity contribution < 1.29 is 19.1 Å². The van der Waals surface area contributed by atoms with Crippen LogP contribution in [-0.2, 0) is 19.1 Å². The quantitative estimate of drug-likeness (QED) is 0.507. The van der Waals surface area contributed by atoms with Gasteiger partial charge < -0.3 is 9.47 Å². The lowest BCUT2D eigenvalue weighted by Crippen LogP contribution is -2.16. The number of allylic oxidation sites excluding steroid dienone is 1. The zero-order valence-electron chi connectivity index (χ0n) is 8.99. The molecule has 4 nitrogen and oxygen atoms in total. The van der Waals surface area contributed by atoms with Crippen molar-refractivity contribution in [1.82, 2.24) is 0 Å². The highest BCUT2D eigenvalue weighted by molar-refractivity contribution is 5.89. The van der Waals surface area contributed by atoms with Crippen LogP contribution in [0.3, 0.4) is 0 Å². The van der Waals surface area contributed by atoms with Crippen molar-refractivity contribution in [1.29, 1.82) is 0 Å². The van der Waals surface area contributed by atoms with E-state index in [1.807, 2.05) is 0 Å². The third kappa shape index (κ3) is 3.60. The Hall–Kier alpha value is -1.32. The van der Waals surface area contributed by atoms with Gasteiger partial charge in [-0.05, 0) is 12.8 Å². The number of ether oxygens (including phenoxy) is 2. The third-order valence-electron chi connectivity index (χ3n) is 1.96. The monoisotopic (exact) mass is 200 g/mol. The molecule has 0 bridgehead atoms. The van der Waals surface area contributed by atoms with Gasteiger partial charge in [-0.15, -0.1) is 0 Å². The van der Waals surface area contributed by atoms with Gasteiger partial charge >= 0.3 is 11.9 Å². The molecule has 0 saturated heterocycles. The van der Waals surface area contributed by atoms with Gasteiger partial charge in [0.25, 0.3) is 0 Å². The van der Waals surface area contributed by atoms with E-state index in [1.165, 1.54) is 14.2 Å². The van der Waals surface area contributed by atoms with E-state index in [0.717, 1.165) is 0 Å². The highest BCUT2D eigenvalue weighted by atomic mass is 16.5. The SMILES string of the molecule is C/C=C(/C(=O)OC)[C@H](C)CC(=O)OC. The summed E-state index contributed by atoms with van der Waals surface area (Å²) in [4.78, 5) is 22.2. The first-order valence-electron chi connectivity index (χ1n) is 4.38. The topological polar surface area (TPSA) is 52.6 Å². The normalized spacial score (nSPS) is 13.3. The first-order valence-corrected chi connectivity index (χ1v) is 4.38. The van der Waals surface area contributed by atoms with Crippen molar-refractivity contribution in [2.45, 2.75) is 20.3 Å². The van der Waals surface area contributed by atoms with Gasteiger partial charge in [0.2, 0.25) is 0 Å². The average Bonchev–Trinajstić information content (AvgIpc) is 2.18. The molecule has 0 amide bonds. The summed E-state index contributed by atoms with van der Waals surface area (Å²) in [6, 6.07) is 0. The van der Waals surface area contributed by atoms with Gasteiger partial charge in [-0.2, -0.15) is 0 Å². The van der Waals surface area contributed by atoms with Crippen molar-refractivity contribution >= 4 is 11.9 Å². The maximum Gasteiger partial charge on any atom is 0.333 e. The van der Waals surface area contributed by atoms with Crippen LogP contribution >= 0.6 is 0 Å². The van der Waals surface area contributed by atoms with E-state index >= 15 is 0 Å². The van der Waals surface area contributed by atoms with E-state index in [9.17, 15) is 9.59 Å². The molecule has 0 aliphatic rings. The number of hydrogen-bond donors (Lipinski definition) is 0. The molecule has 0 aliphatic heterocycles. The lowest BCUT2D eigenvalue weighted by atomic mass is 9.97. The molecule has 0 aromatic carbocycles. The summed E-state index contributed by atoms with van der Waals surface area (Å²) in [6.07, 6.45) is 1.84. The molecule has 14 heavy (non-hydrogen) atoms. The summed E-state index contributed by atoms with van der Waals surface area (Å²) in [5, 5.41) is 0. The van der Waals surface area contributed by atoms with E-state index < -0.39 is 5.97 Å². The Morgan fingerprint density at radius 3 is 2.21 bits per heavy atom. The Balaban J connectivity index is 4.41. The Morgan fingerprint density at radius 1 is 1.29 bits per heavy atom. The molecule has 0 unspecified atom stereocenters. The van der Waals surface area contributed by atoms with Crippen LogP contribution in [0.4, 0.5) is 0 Å². The molecule has 0 heterocycles.